The van der Waals surface area contributed by atoms with Gasteiger partial charge >= 0.3 is 6.03 Å². The molecule has 3 rings (SSSR count). The second kappa shape index (κ2) is 7.64. The predicted molar refractivity (Wildman–Crippen MR) is 96.6 cm³/mol. The van der Waals surface area contributed by atoms with Gasteiger partial charge in [-0.2, -0.15) is 5.01 Å². The zero-order valence-corrected chi connectivity index (χ0v) is 15.6. The molecule has 1 aliphatic carbocycles. The zero-order valence-electron chi connectivity index (χ0n) is 15.6. The molecular formula is C19H25FN4O3. The summed E-state index contributed by atoms with van der Waals surface area (Å²) in [6, 6.07) is 5.55. The SMILES string of the molecule is CC1CCC2(CC1)NC(=O)N(NC(=O)CN(C)Cc1cccc(F)c1)C2=O. The number of nitrogens with zero attached hydrogens (tertiary/aromatic N) is 2. The highest BCUT2D eigenvalue weighted by Crippen LogP contribution is 2.35. The van der Waals surface area contributed by atoms with E-state index < -0.39 is 17.5 Å². The molecule has 27 heavy (non-hydrogen) atoms. The lowest BCUT2D eigenvalue weighted by atomic mass is 9.77. The van der Waals surface area contributed by atoms with Crippen molar-refractivity contribution in [3.63, 3.8) is 0 Å². The van der Waals surface area contributed by atoms with Gasteiger partial charge in [-0.1, -0.05) is 19.1 Å². The fraction of sp³-hybridized carbons (Fsp3) is 0.526. The largest absolute Gasteiger partial charge is 0.344 e. The first kappa shape index (κ1) is 19.3. The molecule has 8 heteroatoms. The van der Waals surface area contributed by atoms with Crippen LogP contribution in [0.4, 0.5) is 9.18 Å². The molecule has 7 nitrogen and oxygen atoms in total. The van der Waals surface area contributed by atoms with Gasteiger partial charge in [0.05, 0.1) is 6.54 Å². The van der Waals surface area contributed by atoms with Crippen LogP contribution in [0.3, 0.4) is 0 Å². The summed E-state index contributed by atoms with van der Waals surface area (Å²) < 4.78 is 13.2. The number of nitrogens with one attached hydrogen (secondary N) is 2. The van der Waals surface area contributed by atoms with E-state index in [0.29, 0.717) is 25.3 Å². The van der Waals surface area contributed by atoms with Gasteiger partial charge in [0, 0.05) is 6.54 Å². The van der Waals surface area contributed by atoms with Gasteiger partial charge in [0.15, 0.2) is 0 Å². The highest BCUT2D eigenvalue weighted by Gasteiger charge is 2.52. The fourth-order valence-electron chi connectivity index (χ4n) is 3.72. The molecule has 1 aromatic rings. The van der Waals surface area contributed by atoms with Crippen LogP contribution in [0.15, 0.2) is 24.3 Å². The van der Waals surface area contributed by atoms with Crippen molar-refractivity contribution in [2.45, 2.75) is 44.7 Å². The van der Waals surface area contributed by atoms with Crippen molar-refractivity contribution in [3.8, 4) is 0 Å². The molecule has 2 N–H and O–H groups in total. The number of hydrogen-bond acceptors (Lipinski definition) is 4. The van der Waals surface area contributed by atoms with Crippen molar-refractivity contribution in [2.75, 3.05) is 13.6 Å². The fourth-order valence-corrected chi connectivity index (χ4v) is 3.72. The van der Waals surface area contributed by atoms with E-state index in [9.17, 15) is 18.8 Å². The number of amides is 4. The van der Waals surface area contributed by atoms with Crippen molar-refractivity contribution >= 4 is 17.8 Å². The van der Waals surface area contributed by atoms with E-state index in [1.165, 1.54) is 12.1 Å². The number of hydrazine groups is 1. The van der Waals surface area contributed by atoms with Crippen LogP contribution < -0.4 is 10.7 Å². The molecule has 0 unspecified atom stereocenters. The smallest absolute Gasteiger partial charge is 0.322 e. The van der Waals surface area contributed by atoms with Gasteiger partial charge in [0.2, 0.25) is 0 Å². The number of urea groups is 1. The summed E-state index contributed by atoms with van der Waals surface area (Å²) in [4.78, 5) is 38.9. The summed E-state index contributed by atoms with van der Waals surface area (Å²) in [6.07, 6.45) is 2.91. The monoisotopic (exact) mass is 376 g/mol. The Hall–Kier alpha value is -2.48. The third kappa shape index (κ3) is 4.27. The lowest BCUT2D eigenvalue weighted by molar-refractivity contribution is -0.140. The molecule has 0 radical (unpaired) electrons. The Kier molecular flexibility index (Phi) is 5.46. The summed E-state index contributed by atoms with van der Waals surface area (Å²) in [5.74, 6) is -0.670. The predicted octanol–water partition coefficient (Wildman–Crippen LogP) is 1.79. The van der Waals surface area contributed by atoms with E-state index in [2.05, 4.69) is 17.7 Å². The topological polar surface area (TPSA) is 81.8 Å². The zero-order chi connectivity index (χ0) is 19.6. The molecule has 1 aliphatic heterocycles. The van der Waals surface area contributed by atoms with E-state index in [1.807, 2.05) is 0 Å². The van der Waals surface area contributed by atoms with Gasteiger partial charge in [-0.25, -0.2) is 9.18 Å². The summed E-state index contributed by atoms with van der Waals surface area (Å²) >= 11 is 0. The van der Waals surface area contributed by atoms with Crippen LogP contribution in [-0.2, 0) is 16.1 Å². The highest BCUT2D eigenvalue weighted by atomic mass is 19.1. The molecule has 1 aromatic carbocycles. The van der Waals surface area contributed by atoms with Gasteiger partial charge in [0.25, 0.3) is 11.8 Å². The number of benzene rings is 1. The minimum atomic E-state index is -0.885. The highest BCUT2D eigenvalue weighted by molar-refractivity contribution is 6.08. The quantitative estimate of drug-likeness (QED) is 0.768. The minimum absolute atomic E-state index is 0.0302. The number of likely N-dealkylation sites (N-methyl/N-ethyl adjacent to an activating group) is 1. The van der Waals surface area contributed by atoms with Crippen molar-refractivity contribution in [2.24, 2.45) is 5.92 Å². The van der Waals surface area contributed by atoms with Crippen LogP contribution >= 0.6 is 0 Å². The first-order chi connectivity index (χ1) is 12.8. The van der Waals surface area contributed by atoms with E-state index in [-0.39, 0.29) is 18.3 Å². The van der Waals surface area contributed by atoms with Gasteiger partial charge in [-0.15, -0.1) is 0 Å². The van der Waals surface area contributed by atoms with Gasteiger partial charge in [-0.05, 0) is 56.3 Å². The third-order valence-corrected chi connectivity index (χ3v) is 5.28. The number of hydrogen-bond donors (Lipinski definition) is 2. The molecule has 2 fully saturated rings. The molecule has 0 bridgehead atoms. The number of rotatable bonds is 5. The molecule has 1 heterocycles. The number of halogens is 1. The third-order valence-electron chi connectivity index (χ3n) is 5.28. The van der Waals surface area contributed by atoms with E-state index in [0.717, 1.165) is 23.4 Å². The number of carbonyl (C=O) groups is 3. The molecule has 2 aliphatic rings. The van der Waals surface area contributed by atoms with Crippen LogP contribution in [0.5, 0.6) is 0 Å². The van der Waals surface area contributed by atoms with E-state index in [1.54, 1.807) is 24.1 Å². The normalized spacial score (nSPS) is 25.2. The average molecular weight is 376 g/mol. The Bertz CT molecular complexity index is 746. The van der Waals surface area contributed by atoms with E-state index in [4.69, 9.17) is 0 Å². The molecule has 0 atom stereocenters. The van der Waals surface area contributed by atoms with Crippen LogP contribution in [0.2, 0.25) is 0 Å². The van der Waals surface area contributed by atoms with Crippen LogP contribution in [0.1, 0.15) is 38.2 Å². The Morgan fingerprint density at radius 1 is 1.37 bits per heavy atom. The lowest BCUT2D eigenvalue weighted by Gasteiger charge is -2.33. The van der Waals surface area contributed by atoms with Crippen molar-refractivity contribution in [3.05, 3.63) is 35.6 Å². The first-order valence-electron chi connectivity index (χ1n) is 9.18. The number of imide groups is 1. The Labute approximate surface area is 157 Å². The van der Waals surface area contributed by atoms with Crippen molar-refractivity contribution in [1.29, 1.82) is 0 Å². The Balaban J connectivity index is 1.56. The Morgan fingerprint density at radius 2 is 2.07 bits per heavy atom. The first-order valence-corrected chi connectivity index (χ1v) is 9.18. The van der Waals surface area contributed by atoms with Gasteiger partial charge in [-0.3, -0.25) is 19.9 Å². The maximum atomic E-state index is 13.2. The molecule has 146 valence electrons. The van der Waals surface area contributed by atoms with Gasteiger partial charge in [0.1, 0.15) is 11.4 Å². The molecular weight excluding hydrogens is 351 g/mol. The standard InChI is InChI=1S/C19H25FN4O3/c1-13-6-8-19(9-7-13)17(26)24(18(27)21-19)22-16(25)12-23(2)11-14-4-3-5-15(20)10-14/h3-5,10,13H,6-9,11-12H2,1-2H3,(H,21,27)(H,22,25). The summed E-state index contributed by atoms with van der Waals surface area (Å²) in [7, 11) is 1.71. The van der Waals surface area contributed by atoms with Crippen molar-refractivity contribution in [1.82, 2.24) is 20.7 Å². The maximum Gasteiger partial charge on any atom is 0.344 e. The van der Waals surface area contributed by atoms with Crippen molar-refractivity contribution < 1.29 is 18.8 Å². The second-order valence-electron chi connectivity index (χ2n) is 7.67. The molecule has 0 aromatic heterocycles. The number of carbonyl (C=O) groups excluding carboxylic acids is 3. The van der Waals surface area contributed by atoms with Crippen LogP contribution in [0, 0.1) is 11.7 Å². The van der Waals surface area contributed by atoms with Crippen LogP contribution in [-0.4, -0.2) is 46.9 Å². The van der Waals surface area contributed by atoms with E-state index >= 15 is 0 Å². The minimum Gasteiger partial charge on any atom is -0.322 e. The van der Waals surface area contributed by atoms with Gasteiger partial charge < -0.3 is 5.32 Å². The average Bonchev–Trinajstić information content (AvgIpc) is 2.82. The van der Waals surface area contributed by atoms with Crippen LogP contribution in [0.25, 0.3) is 0 Å². The molecule has 1 spiro atoms. The molecule has 1 saturated carbocycles. The summed E-state index contributed by atoms with van der Waals surface area (Å²) in [5, 5.41) is 3.56. The molecule has 1 saturated heterocycles. The Morgan fingerprint density at radius 3 is 2.74 bits per heavy atom. The molecule has 4 amide bonds. The second-order valence-corrected chi connectivity index (χ2v) is 7.67. The summed E-state index contributed by atoms with van der Waals surface area (Å²) in [5.41, 5.74) is 2.25. The summed E-state index contributed by atoms with van der Waals surface area (Å²) in [6.45, 7) is 2.47. The maximum absolute atomic E-state index is 13.2. The lowest BCUT2D eigenvalue weighted by Crippen LogP contribution is -2.52.